The van der Waals surface area contributed by atoms with E-state index in [0.29, 0.717) is 17.5 Å². The van der Waals surface area contributed by atoms with Crippen molar-refractivity contribution in [3.05, 3.63) is 72.2 Å². The second-order valence-corrected chi connectivity index (χ2v) is 7.61. The third-order valence-electron chi connectivity index (χ3n) is 4.21. The average molecular weight is 384 g/mol. The number of carbonyl (C=O) groups is 1. The van der Waals surface area contributed by atoms with Crippen LogP contribution in [0.1, 0.15) is 25.3 Å². The maximum absolute atomic E-state index is 13.0. The van der Waals surface area contributed by atoms with E-state index in [1.807, 2.05) is 25.1 Å². The van der Waals surface area contributed by atoms with Gasteiger partial charge in [0.25, 0.3) is 5.22 Å². The van der Waals surface area contributed by atoms with E-state index >= 15 is 0 Å². The van der Waals surface area contributed by atoms with Gasteiger partial charge in [0.2, 0.25) is 5.91 Å². The van der Waals surface area contributed by atoms with Crippen LogP contribution in [0.4, 0.5) is 4.39 Å². The average Bonchev–Trinajstić information content (AvgIpc) is 3.15. The minimum Gasteiger partial charge on any atom is -0.431 e. The van der Waals surface area contributed by atoms with E-state index in [2.05, 4.69) is 29.4 Å². The van der Waals surface area contributed by atoms with Crippen LogP contribution in [0.3, 0.4) is 0 Å². The molecule has 0 saturated carbocycles. The SMILES string of the molecule is CC(Sc1ncc(-c2ccc(F)cc2)o1)C(=O)NCC(C)c1ccccc1. The van der Waals surface area contributed by atoms with Crippen LogP contribution in [-0.4, -0.2) is 22.7 Å². The van der Waals surface area contributed by atoms with Crippen LogP contribution >= 0.6 is 11.8 Å². The van der Waals surface area contributed by atoms with Crippen LogP contribution < -0.4 is 5.32 Å². The predicted molar refractivity (Wildman–Crippen MR) is 105 cm³/mol. The van der Waals surface area contributed by atoms with Crippen molar-refractivity contribution in [2.24, 2.45) is 0 Å². The predicted octanol–water partition coefficient (Wildman–Crippen LogP) is 4.88. The number of benzene rings is 2. The molecule has 2 unspecified atom stereocenters. The van der Waals surface area contributed by atoms with E-state index in [9.17, 15) is 9.18 Å². The molecule has 3 aromatic rings. The van der Waals surface area contributed by atoms with Gasteiger partial charge in [-0.05, 0) is 42.7 Å². The Morgan fingerprint density at radius 1 is 1.15 bits per heavy atom. The van der Waals surface area contributed by atoms with Crippen LogP contribution in [-0.2, 0) is 4.79 Å². The number of rotatable bonds is 7. The van der Waals surface area contributed by atoms with Gasteiger partial charge in [0, 0.05) is 12.1 Å². The lowest BCUT2D eigenvalue weighted by Gasteiger charge is -2.15. The Kier molecular flexibility index (Phi) is 6.29. The first-order valence-corrected chi connectivity index (χ1v) is 9.62. The van der Waals surface area contributed by atoms with Crippen molar-refractivity contribution >= 4 is 17.7 Å². The lowest BCUT2D eigenvalue weighted by Crippen LogP contribution is -2.33. The summed E-state index contributed by atoms with van der Waals surface area (Å²) in [5, 5.41) is 3.04. The van der Waals surface area contributed by atoms with E-state index in [0.717, 1.165) is 5.56 Å². The van der Waals surface area contributed by atoms with Gasteiger partial charge in [0.05, 0.1) is 11.4 Å². The normalized spacial score (nSPS) is 13.1. The number of halogens is 1. The minimum atomic E-state index is -0.340. The first kappa shape index (κ1) is 19.2. The fourth-order valence-corrected chi connectivity index (χ4v) is 3.31. The Morgan fingerprint density at radius 3 is 2.56 bits per heavy atom. The summed E-state index contributed by atoms with van der Waals surface area (Å²) in [4.78, 5) is 16.6. The van der Waals surface area contributed by atoms with Crippen molar-refractivity contribution in [3.8, 4) is 11.3 Å². The maximum atomic E-state index is 13.0. The number of hydrogen-bond acceptors (Lipinski definition) is 4. The standard InChI is InChI=1S/C21H21FN2O2S/c1-14(16-6-4-3-5-7-16)12-23-20(25)15(2)27-21-24-13-19(26-21)17-8-10-18(22)11-9-17/h3-11,13-15H,12H2,1-2H3,(H,23,25). The Hall–Kier alpha value is -2.60. The van der Waals surface area contributed by atoms with E-state index in [4.69, 9.17) is 4.42 Å². The molecule has 3 rings (SSSR count). The van der Waals surface area contributed by atoms with Crippen molar-refractivity contribution in [3.63, 3.8) is 0 Å². The number of hydrogen-bond donors (Lipinski definition) is 1. The highest BCUT2D eigenvalue weighted by molar-refractivity contribution is 8.00. The zero-order valence-electron chi connectivity index (χ0n) is 15.2. The molecule has 4 nitrogen and oxygen atoms in total. The largest absolute Gasteiger partial charge is 0.431 e. The number of amides is 1. The summed E-state index contributed by atoms with van der Waals surface area (Å²) in [6.07, 6.45) is 1.58. The second-order valence-electron chi connectivity index (χ2n) is 6.31. The molecule has 2 aromatic carbocycles. The molecule has 0 aliphatic carbocycles. The molecule has 0 aliphatic heterocycles. The van der Waals surface area contributed by atoms with E-state index in [1.165, 1.54) is 29.5 Å². The molecule has 0 spiro atoms. The van der Waals surface area contributed by atoms with Crippen LogP contribution in [0, 0.1) is 5.82 Å². The fraction of sp³-hybridized carbons (Fsp3) is 0.238. The highest BCUT2D eigenvalue weighted by atomic mass is 32.2. The van der Waals surface area contributed by atoms with E-state index < -0.39 is 0 Å². The number of nitrogens with one attached hydrogen (secondary N) is 1. The highest BCUT2D eigenvalue weighted by Crippen LogP contribution is 2.28. The van der Waals surface area contributed by atoms with Gasteiger partial charge in [0.15, 0.2) is 5.76 Å². The zero-order chi connectivity index (χ0) is 19.2. The maximum Gasteiger partial charge on any atom is 0.256 e. The van der Waals surface area contributed by atoms with Crippen LogP contribution in [0.2, 0.25) is 0 Å². The summed E-state index contributed by atoms with van der Waals surface area (Å²) in [5.41, 5.74) is 1.93. The number of carbonyl (C=O) groups excluding carboxylic acids is 1. The Labute approximate surface area is 162 Å². The summed E-state index contributed by atoms with van der Waals surface area (Å²) < 4.78 is 18.7. The van der Waals surface area contributed by atoms with Gasteiger partial charge in [-0.1, -0.05) is 49.0 Å². The van der Waals surface area contributed by atoms with Crippen molar-refractivity contribution < 1.29 is 13.6 Å². The lowest BCUT2D eigenvalue weighted by atomic mass is 10.0. The van der Waals surface area contributed by atoms with E-state index in [-0.39, 0.29) is 22.9 Å². The monoisotopic (exact) mass is 384 g/mol. The molecule has 1 N–H and O–H groups in total. The molecule has 0 radical (unpaired) electrons. The van der Waals surface area contributed by atoms with Gasteiger partial charge in [-0.3, -0.25) is 4.79 Å². The molecule has 1 aromatic heterocycles. The molecular weight excluding hydrogens is 363 g/mol. The van der Waals surface area contributed by atoms with Crippen molar-refractivity contribution in [2.75, 3.05) is 6.54 Å². The zero-order valence-corrected chi connectivity index (χ0v) is 16.0. The molecule has 0 saturated heterocycles. The van der Waals surface area contributed by atoms with Crippen LogP contribution in [0.25, 0.3) is 11.3 Å². The van der Waals surface area contributed by atoms with Crippen LogP contribution in [0.5, 0.6) is 0 Å². The minimum absolute atomic E-state index is 0.0655. The first-order chi connectivity index (χ1) is 13.0. The number of thioether (sulfide) groups is 1. The molecule has 0 bridgehead atoms. The third-order valence-corrected chi connectivity index (χ3v) is 5.17. The topological polar surface area (TPSA) is 55.1 Å². The smallest absolute Gasteiger partial charge is 0.256 e. The molecule has 2 atom stereocenters. The molecule has 1 amide bonds. The summed E-state index contributed by atoms with van der Waals surface area (Å²) in [7, 11) is 0. The molecule has 140 valence electrons. The molecular formula is C21H21FN2O2S. The van der Waals surface area contributed by atoms with Gasteiger partial charge in [-0.25, -0.2) is 9.37 Å². The Morgan fingerprint density at radius 2 is 1.85 bits per heavy atom. The van der Waals surface area contributed by atoms with Gasteiger partial charge in [-0.15, -0.1) is 0 Å². The Balaban J connectivity index is 1.53. The number of oxazole rings is 1. The summed E-state index contributed by atoms with van der Waals surface area (Å²) in [5.74, 6) is 0.411. The third kappa shape index (κ3) is 5.20. The summed E-state index contributed by atoms with van der Waals surface area (Å²) in [6.45, 7) is 4.46. The van der Waals surface area contributed by atoms with Gasteiger partial charge < -0.3 is 9.73 Å². The number of nitrogens with zero attached hydrogens (tertiary/aromatic N) is 1. The van der Waals surface area contributed by atoms with Gasteiger partial charge in [-0.2, -0.15) is 0 Å². The fourth-order valence-electron chi connectivity index (χ4n) is 2.56. The molecule has 1 heterocycles. The Bertz CT molecular complexity index is 881. The quantitative estimate of drug-likeness (QED) is 0.590. The first-order valence-electron chi connectivity index (χ1n) is 8.74. The molecule has 0 aliphatic rings. The summed E-state index contributed by atoms with van der Waals surface area (Å²) >= 11 is 1.25. The molecule has 6 heteroatoms. The molecule has 27 heavy (non-hydrogen) atoms. The van der Waals surface area contributed by atoms with Crippen LogP contribution in [0.15, 0.2) is 70.4 Å². The second kappa shape index (κ2) is 8.86. The molecule has 0 fully saturated rings. The highest BCUT2D eigenvalue weighted by Gasteiger charge is 2.18. The van der Waals surface area contributed by atoms with Gasteiger partial charge in [0.1, 0.15) is 5.82 Å². The van der Waals surface area contributed by atoms with Crippen molar-refractivity contribution in [1.29, 1.82) is 0 Å². The summed E-state index contributed by atoms with van der Waals surface area (Å²) in [6, 6.07) is 16.1. The van der Waals surface area contributed by atoms with Crippen molar-refractivity contribution in [1.82, 2.24) is 10.3 Å². The lowest BCUT2D eigenvalue weighted by molar-refractivity contribution is -0.120. The number of aromatic nitrogens is 1. The van der Waals surface area contributed by atoms with E-state index in [1.54, 1.807) is 18.3 Å². The van der Waals surface area contributed by atoms with Gasteiger partial charge >= 0.3 is 0 Å². The van der Waals surface area contributed by atoms with Crippen molar-refractivity contribution in [2.45, 2.75) is 30.2 Å².